The fourth-order valence-corrected chi connectivity index (χ4v) is 4.35. The summed E-state index contributed by atoms with van der Waals surface area (Å²) in [4.78, 5) is 14.3. The van der Waals surface area contributed by atoms with Crippen LogP contribution >= 0.6 is 0 Å². The van der Waals surface area contributed by atoms with Gasteiger partial charge in [-0.1, -0.05) is 90.4 Å². The highest BCUT2D eigenvalue weighted by Gasteiger charge is 2.48. The third kappa shape index (κ3) is 11.6. The highest BCUT2D eigenvalue weighted by atomic mass is 16.6. The molecule has 0 spiro atoms. The second-order valence-corrected chi connectivity index (χ2v) is 10.8. The second kappa shape index (κ2) is 14.4. The minimum Gasteiger partial charge on any atom is -0.444 e. The molecule has 0 bridgehead atoms. The molecule has 1 aliphatic rings. The largest absolute Gasteiger partial charge is 0.444 e. The summed E-state index contributed by atoms with van der Waals surface area (Å²) in [6, 6.07) is -0.345. The second-order valence-electron chi connectivity index (χ2n) is 10.8. The smallest absolute Gasteiger partial charge is 0.412 e. The predicted molar refractivity (Wildman–Crippen MR) is 128 cm³/mol. The van der Waals surface area contributed by atoms with Gasteiger partial charge in [-0.05, 0) is 41.0 Å². The van der Waals surface area contributed by atoms with Crippen LogP contribution in [0, 0.1) is 0 Å². The number of rotatable bonds is 15. The molecule has 0 aliphatic carbocycles. The lowest BCUT2D eigenvalue weighted by Crippen LogP contribution is -2.53. The maximum atomic E-state index is 12.7. The van der Waals surface area contributed by atoms with Crippen LogP contribution in [0.2, 0.25) is 0 Å². The molecule has 1 N–H and O–H groups in total. The maximum absolute atomic E-state index is 12.7. The van der Waals surface area contributed by atoms with Gasteiger partial charge in [0, 0.05) is 0 Å². The first-order valence-electron chi connectivity index (χ1n) is 12.9. The van der Waals surface area contributed by atoms with Crippen molar-refractivity contribution in [2.45, 2.75) is 155 Å². The Bertz CT molecular complexity index is 486. The first-order valence-corrected chi connectivity index (χ1v) is 12.9. The lowest BCUT2D eigenvalue weighted by Gasteiger charge is -2.36. The number of hydrogen-bond donors (Lipinski definition) is 1. The van der Waals surface area contributed by atoms with Crippen LogP contribution in [0.1, 0.15) is 131 Å². The van der Waals surface area contributed by atoms with Gasteiger partial charge in [0.15, 0.2) is 0 Å². The van der Waals surface area contributed by atoms with Gasteiger partial charge in [0.05, 0.1) is 18.8 Å². The van der Waals surface area contributed by atoms with Gasteiger partial charge in [-0.25, -0.2) is 4.79 Å². The van der Waals surface area contributed by atoms with Crippen LogP contribution in [0.5, 0.6) is 0 Å². The van der Waals surface area contributed by atoms with Gasteiger partial charge in [0.2, 0.25) is 0 Å². The minimum absolute atomic E-state index is 0.345. The molecule has 0 saturated carbocycles. The lowest BCUT2D eigenvalue weighted by atomic mass is 10.0. The molecular formula is C26H51NO4. The Balaban J connectivity index is 2.18. The molecule has 31 heavy (non-hydrogen) atoms. The van der Waals surface area contributed by atoms with Crippen LogP contribution in [0.4, 0.5) is 4.79 Å². The van der Waals surface area contributed by atoms with E-state index in [1.54, 1.807) is 4.90 Å². The van der Waals surface area contributed by atoms with Crippen LogP contribution in [0.15, 0.2) is 0 Å². The maximum Gasteiger partial charge on any atom is 0.412 e. The Morgan fingerprint density at radius 2 is 1.42 bits per heavy atom. The zero-order chi connectivity index (χ0) is 23.3. The van der Waals surface area contributed by atoms with Crippen molar-refractivity contribution in [1.29, 1.82) is 0 Å². The van der Waals surface area contributed by atoms with E-state index < -0.39 is 23.5 Å². The van der Waals surface area contributed by atoms with Crippen molar-refractivity contribution < 1.29 is 19.4 Å². The summed E-state index contributed by atoms with van der Waals surface area (Å²) in [5.41, 5.74) is -1.33. The number of unbranched alkanes of at least 4 members (excludes halogenated alkanes) is 12. The van der Waals surface area contributed by atoms with Crippen molar-refractivity contribution in [3.63, 3.8) is 0 Å². The van der Waals surface area contributed by atoms with Gasteiger partial charge < -0.3 is 14.6 Å². The van der Waals surface area contributed by atoms with Crippen molar-refractivity contribution in [2.75, 3.05) is 6.61 Å². The number of nitrogens with zero attached hydrogens (tertiary/aromatic N) is 1. The third-order valence-corrected chi connectivity index (χ3v) is 6.16. The average Bonchev–Trinajstić information content (AvgIpc) is 2.99. The summed E-state index contributed by atoms with van der Waals surface area (Å²) in [5, 5.41) is 10.7. The summed E-state index contributed by atoms with van der Waals surface area (Å²) < 4.78 is 11.4. The molecule has 1 rings (SSSR count). The minimum atomic E-state index is -0.760. The van der Waals surface area contributed by atoms with E-state index >= 15 is 0 Å². The number of aliphatic hydroxyl groups excluding tert-OH is 1. The van der Waals surface area contributed by atoms with Crippen molar-refractivity contribution >= 4 is 6.09 Å². The Labute approximate surface area is 192 Å². The number of carbonyl (C=O) groups excluding carboxylic acids is 1. The molecule has 1 aliphatic heterocycles. The van der Waals surface area contributed by atoms with E-state index in [1.807, 2.05) is 34.6 Å². The topological polar surface area (TPSA) is 59.0 Å². The predicted octanol–water partition coefficient (Wildman–Crippen LogP) is 7.20. The highest BCUT2D eigenvalue weighted by molar-refractivity contribution is 5.69. The summed E-state index contributed by atoms with van der Waals surface area (Å²) in [7, 11) is 0. The summed E-state index contributed by atoms with van der Waals surface area (Å²) in [6.07, 6.45) is 16.7. The fraction of sp³-hybridized carbons (Fsp3) is 0.962. The van der Waals surface area contributed by atoms with E-state index in [-0.39, 0.29) is 6.04 Å². The number of hydrogen-bond acceptors (Lipinski definition) is 4. The Kier molecular flexibility index (Phi) is 13.1. The van der Waals surface area contributed by atoms with Gasteiger partial charge in [-0.3, -0.25) is 4.90 Å². The molecule has 2 atom stereocenters. The SMILES string of the molecule is CCCCCCCCCCCCCCC[C@@H](O)[C@@H]1COC(C)(C)N1C(=O)OC(C)(C)C. The molecule has 0 aromatic rings. The van der Waals surface area contributed by atoms with Crippen LogP contribution in [-0.2, 0) is 9.47 Å². The lowest BCUT2D eigenvalue weighted by molar-refractivity contribution is -0.0681. The molecule has 1 amide bonds. The van der Waals surface area contributed by atoms with E-state index in [1.165, 1.54) is 70.6 Å². The summed E-state index contributed by atoms with van der Waals surface area (Å²) in [6.45, 7) is 11.9. The standard InChI is InChI=1S/C26H51NO4/c1-7-8-9-10-11-12-13-14-15-16-17-18-19-20-23(28)22-21-30-26(5,6)27(22)24(29)31-25(2,3)4/h22-23,28H,7-21H2,1-6H3/t22-,23+/m0/s1. The van der Waals surface area contributed by atoms with Gasteiger partial charge in [-0.15, -0.1) is 0 Å². The quantitative estimate of drug-likeness (QED) is 0.273. The summed E-state index contributed by atoms with van der Waals surface area (Å²) in [5.74, 6) is 0. The molecule has 5 heteroatoms. The van der Waals surface area contributed by atoms with Crippen LogP contribution in [0.25, 0.3) is 0 Å². The van der Waals surface area contributed by atoms with E-state index in [2.05, 4.69) is 6.92 Å². The number of amides is 1. The van der Waals surface area contributed by atoms with E-state index in [9.17, 15) is 9.90 Å². The van der Waals surface area contributed by atoms with Crippen molar-refractivity contribution in [1.82, 2.24) is 4.90 Å². The molecule has 1 saturated heterocycles. The van der Waals surface area contributed by atoms with Crippen LogP contribution < -0.4 is 0 Å². The Hall–Kier alpha value is -0.810. The number of ether oxygens (including phenoxy) is 2. The monoisotopic (exact) mass is 441 g/mol. The first-order chi connectivity index (χ1) is 14.6. The van der Waals surface area contributed by atoms with Crippen molar-refractivity contribution in [3.8, 4) is 0 Å². The van der Waals surface area contributed by atoms with Gasteiger partial charge in [0.1, 0.15) is 11.3 Å². The molecule has 0 unspecified atom stereocenters. The zero-order valence-electron chi connectivity index (χ0n) is 21.4. The molecule has 1 fully saturated rings. The molecule has 0 aromatic carbocycles. The molecule has 0 radical (unpaired) electrons. The highest BCUT2D eigenvalue weighted by Crippen LogP contribution is 2.32. The molecular weight excluding hydrogens is 390 g/mol. The number of carbonyl (C=O) groups is 1. The number of aliphatic hydroxyl groups is 1. The van der Waals surface area contributed by atoms with E-state index in [0.29, 0.717) is 13.0 Å². The fourth-order valence-electron chi connectivity index (χ4n) is 4.35. The summed E-state index contributed by atoms with van der Waals surface area (Å²) >= 11 is 0. The molecule has 184 valence electrons. The average molecular weight is 442 g/mol. The molecule has 1 heterocycles. The van der Waals surface area contributed by atoms with Crippen molar-refractivity contribution in [2.24, 2.45) is 0 Å². The van der Waals surface area contributed by atoms with Gasteiger partial charge in [-0.2, -0.15) is 0 Å². The molecule has 0 aromatic heterocycles. The third-order valence-electron chi connectivity index (χ3n) is 6.16. The first kappa shape index (κ1) is 28.2. The van der Waals surface area contributed by atoms with E-state index in [4.69, 9.17) is 9.47 Å². The van der Waals surface area contributed by atoms with Crippen molar-refractivity contribution in [3.05, 3.63) is 0 Å². The van der Waals surface area contributed by atoms with Gasteiger partial charge >= 0.3 is 6.09 Å². The van der Waals surface area contributed by atoms with Crippen LogP contribution in [0.3, 0.4) is 0 Å². The Morgan fingerprint density at radius 3 is 1.87 bits per heavy atom. The zero-order valence-corrected chi connectivity index (χ0v) is 21.4. The van der Waals surface area contributed by atoms with Crippen LogP contribution in [-0.4, -0.2) is 46.2 Å². The molecule has 5 nitrogen and oxygen atoms in total. The normalized spacial score (nSPS) is 19.6. The van der Waals surface area contributed by atoms with E-state index in [0.717, 1.165) is 12.8 Å². The Morgan fingerprint density at radius 1 is 0.968 bits per heavy atom. The van der Waals surface area contributed by atoms with Gasteiger partial charge in [0.25, 0.3) is 0 Å².